The molecule has 3 nitrogen and oxygen atoms in total. The predicted molar refractivity (Wildman–Crippen MR) is 71.2 cm³/mol. The van der Waals surface area contributed by atoms with Crippen molar-refractivity contribution in [2.24, 2.45) is 0 Å². The number of hydrogen-bond acceptors (Lipinski definition) is 2. The Morgan fingerprint density at radius 3 is 2.56 bits per heavy atom. The summed E-state index contributed by atoms with van der Waals surface area (Å²) < 4.78 is 5.17. The fourth-order valence-electron chi connectivity index (χ4n) is 2.06. The minimum atomic E-state index is -0.766. The van der Waals surface area contributed by atoms with Gasteiger partial charge in [-0.1, -0.05) is 31.2 Å². The third-order valence-corrected chi connectivity index (χ3v) is 3.12. The fourth-order valence-corrected chi connectivity index (χ4v) is 2.06. The molecular weight excluding hydrogens is 228 g/mol. The quantitative estimate of drug-likeness (QED) is 0.896. The van der Waals surface area contributed by atoms with Gasteiger partial charge in [0, 0.05) is 0 Å². The highest BCUT2D eigenvalue weighted by Gasteiger charge is 2.10. The van der Waals surface area contributed by atoms with Crippen LogP contribution in [0.2, 0.25) is 0 Å². The molecule has 0 fully saturated rings. The molecule has 94 valence electrons. The molecule has 0 saturated heterocycles. The van der Waals surface area contributed by atoms with E-state index in [0.717, 1.165) is 22.1 Å². The topological polar surface area (TPSA) is 46.5 Å². The van der Waals surface area contributed by atoms with Crippen molar-refractivity contribution in [2.45, 2.75) is 19.3 Å². The number of aliphatic carboxylic acids is 1. The van der Waals surface area contributed by atoms with Crippen LogP contribution < -0.4 is 4.74 Å². The predicted octanol–water partition coefficient (Wildman–Crippen LogP) is 3.43. The molecule has 2 aromatic rings. The number of rotatable bonds is 4. The van der Waals surface area contributed by atoms with E-state index in [9.17, 15) is 4.79 Å². The van der Waals surface area contributed by atoms with E-state index in [4.69, 9.17) is 9.84 Å². The molecule has 0 unspecified atom stereocenters. The van der Waals surface area contributed by atoms with Gasteiger partial charge in [0.15, 0.2) is 0 Å². The Balaban J connectivity index is 2.35. The van der Waals surface area contributed by atoms with Crippen LogP contribution in [-0.4, -0.2) is 18.2 Å². The van der Waals surface area contributed by atoms with Crippen LogP contribution in [0.25, 0.3) is 10.8 Å². The lowest BCUT2D eigenvalue weighted by atomic mass is 9.95. The minimum absolute atomic E-state index is 0.0222. The molecule has 2 aromatic carbocycles. The molecule has 0 aliphatic rings. The fraction of sp³-hybridized carbons (Fsp3) is 0.267. The molecule has 2 rings (SSSR count). The van der Waals surface area contributed by atoms with Gasteiger partial charge in [0.2, 0.25) is 0 Å². The highest BCUT2D eigenvalue weighted by Crippen LogP contribution is 2.26. The van der Waals surface area contributed by atoms with Crippen molar-refractivity contribution in [3.63, 3.8) is 0 Å². The van der Waals surface area contributed by atoms with E-state index >= 15 is 0 Å². The molecule has 0 aromatic heterocycles. The van der Waals surface area contributed by atoms with Crippen molar-refractivity contribution in [1.29, 1.82) is 0 Å². The Bertz CT molecular complexity index is 575. The van der Waals surface area contributed by atoms with E-state index in [-0.39, 0.29) is 12.3 Å². The van der Waals surface area contributed by atoms with Crippen molar-refractivity contribution in [3.8, 4) is 5.75 Å². The maximum absolute atomic E-state index is 10.7. The van der Waals surface area contributed by atoms with Crippen LogP contribution in [0.1, 0.15) is 24.8 Å². The van der Waals surface area contributed by atoms with Crippen LogP contribution in [-0.2, 0) is 4.79 Å². The van der Waals surface area contributed by atoms with E-state index in [0.29, 0.717) is 0 Å². The molecular formula is C15H16O3. The molecule has 0 radical (unpaired) electrons. The van der Waals surface area contributed by atoms with Crippen LogP contribution in [0.3, 0.4) is 0 Å². The number of methoxy groups -OCH3 is 1. The second kappa shape index (κ2) is 5.08. The van der Waals surface area contributed by atoms with Gasteiger partial charge in [-0.3, -0.25) is 4.79 Å². The highest BCUT2D eigenvalue weighted by molar-refractivity contribution is 5.84. The number of ether oxygens (including phenoxy) is 1. The van der Waals surface area contributed by atoms with Crippen molar-refractivity contribution in [3.05, 3.63) is 42.0 Å². The normalized spacial score (nSPS) is 12.3. The summed E-state index contributed by atoms with van der Waals surface area (Å²) in [5.41, 5.74) is 1.05. The van der Waals surface area contributed by atoms with Crippen molar-refractivity contribution in [2.75, 3.05) is 7.11 Å². The monoisotopic (exact) mass is 244 g/mol. The summed E-state index contributed by atoms with van der Waals surface area (Å²) in [5, 5.41) is 11.0. The summed E-state index contributed by atoms with van der Waals surface area (Å²) in [6.07, 6.45) is 0.154. The SMILES string of the molecule is COc1ccc2cc([C@@H](C)CC(=O)O)ccc2c1. The zero-order valence-electron chi connectivity index (χ0n) is 10.5. The number of carboxylic acid groups (broad SMARTS) is 1. The molecule has 0 amide bonds. The maximum atomic E-state index is 10.7. The van der Waals surface area contributed by atoms with Gasteiger partial charge in [-0.2, -0.15) is 0 Å². The first-order valence-corrected chi connectivity index (χ1v) is 5.89. The van der Waals surface area contributed by atoms with Crippen LogP contribution >= 0.6 is 0 Å². The number of fused-ring (bicyclic) bond motifs is 1. The summed E-state index contributed by atoms with van der Waals surface area (Å²) in [4.78, 5) is 10.7. The van der Waals surface area contributed by atoms with E-state index in [1.807, 2.05) is 43.3 Å². The number of carbonyl (C=O) groups is 1. The molecule has 1 atom stereocenters. The van der Waals surface area contributed by atoms with Crippen molar-refractivity contribution in [1.82, 2.24) is 0 Å². The molecule has 0 bridgehead atoms. The smallest absolute Gasteiger partial charge is 0.303 e. The average Bonchev–Trinajstić information content (AvgIpc) is 2.36. The van der Waals surface area contributed by atoms with Crippen LogP contribution in [0.4, 0.5) is 0 Å². The van der Waals surface area contributed by atoms with Crippen LogP contribution in [0.5, 0.6) is 5.75 Å². The second-order valence-corrected chi connectivity index (χ2v) is 4.47. The maximum Gasteiger partial charge on any atom is 0.303 e. The van der Waals surface area contributed by atoms with Crippen LogP contribution in [0.15, 0.2) is 36.4 Å². The first-order valence-electron chi connectivity index (χ1n) is 5.89. The minimum Gasteiger partial charge on any atom is -0.497 e. The van der Waals surface area contributed by atoms with Gasteiger partial charge < -0.3 is 9.84 Å². The van der Waals surface area contributed by atoms with E-state index in [1.165, 1.54) is 0 Å². The van der Waals surface area contributed by atoms with E-state index < -0.39 is 5.97 Å². The van der Waals surface area contributed by atoms with E-state index in [2.05, 4.69) is 0 Å². The van der Waals surface area contributed by atoms with Crippen molar-refractivity contribution >= 4 is 16.7 Å². The first kappa shape index (κ1) is 12.4. The summed E-state index contributed by atoms with van der Waals surface area (Å²) in [5.74, 6) is 0.0835. The van der Waals surface area contributed by atoms with Gasteiger partial charge >= 0.3 is 5.97 Å². The average molecular weight is 244 g/mol. The lowest BCUT2D eigenvalue weighted by Gasteiger charge is -2.10. The Labute approximate surface area is 106 Å². The molecule has 0 heterocycles. The van der Waals surface area contributed by atoms with Gasteiger partial charge in [0.1, 0.15) is 5.75 Å². The lowest BCUT2D eigenvalue weighted by molar-refractivity contribution is -0.137. The zero-order valence-corrected chi connectivity index (χ0v) is 10.5. The summed E-state index contributed by atoms with van der Waals surface area (Å²) in [7, 11) is 1.64. The molecule has 3 heteroatoms. The van der Waals surface area contributed by atoms with Gasteiger partial charge in [-0.05, 0) is 34.4 Å². The van der Waals surface area contributed by atoms with Crippen LogP contribution in [0, 0.1) is 0 Å². The second-order valence-electron chi connectivity index (χ2n) is 4.47. The highest BCUT2D eigenvalue weighted by atomic mass is 16.5. The number of carboxylic acids is 1. The summed E-state index contributed by atoms with van der Waals surface area (Å²) in [6.45, 7) is 1.93. The lowest BCUT2D eigenvalue weighted by Crippen LogP contribution is -2.02. The summed E-state index contributed by atoms with van der Waals surface area (Å²) >= 11 is 0. The zero-order chi connectivity index (χ0) is 13.1. The van der Waals surface area contributed by atoms with Gasteiger partial charge in [-0.15, -0.1) is 0 Å². The molecule has 1 N–H and O–H groups in total. The Morgan fingerprint density at radius 1 is 1.22 bits per heavy atom. The van der Waals surface area contributed by atoms with Crippen molar-refractivity contribution < 1.29 is 14.6 Å². The molecule has 18 heavy (non-hydrogen) atoms. The number of benzene rings is 2. The Morgan fingerprint density at radius 2 is 1.89 bits per heavy atom. The number of hydrogen-bond donors (Lipinski definition) is 1. The first-order chi connectivity index (χ1) is 8.60. The molecule has 0 saturated carbocycles. The molecule has 0 spiro atoms. The van der Waals surface area contributed by atoms with Gasteiger partial charge in [0.05, 0.1) is 13.5 Å². The Kier molecular flexibility index (Phi) is 3.51. The van der Waals surface area contributed by atoms with Gasteiger partial charge in [0.25, 0.3) is 0 Å². The largest absolute Gasteiger partial charge is 0.497 e. The molecule has 0 aliphatic carbocycles. The third-order valence-electron chi connectivity index (χ3n) is 3.12. The Hall–Kier alpha value is -2.03. The third kappa shape index (κ3) is 2.62. The summed E-state index contributed by atoms with van der Waals surface area (Å²) in [6, 6.07) is 11.9. The van der Waals surface area contributed by atoms with E-state index in [1.54, 1.807) is 7.11 Å². The molecule has 0 aliphatic heterocycles. The van der Waals surface area contributed by atoms with Gasteiger partial charge in [-0.25, -0.2) is 0 Å². The standard InChI is InChI=1S/C15H16O3/c1-10(7-15(16)17)11-3-4-13-9-14(18-2)6-5-12(13)8-11/h3-6,8-10H,7H2,1-2H3,(H,16,17)/t10-/m0/s1.